The first-order valence-corrected chi connectivity index (χ1v) is 5.89. The Kier molecular flexibility index (Phi) is 5.28. The molecule has 0 aliphatic rings. The van der Waals surface area contributed by atoms with Gasteiger partial charge in [0.05, 0.1) is 21.3 Å². The van der Waals surface area contributed by atoms with Gasteiger partial charge in [-0.25, -0.2) is 0 Å². The number of rotatable bonds is 6. The molecule has 1 unspecified atom stereocenters. The minimum Gasteiger partial charge on any atom is -0.493 e. The molecule has 0 heterocycles. The molecule has 0 bridgehead atoms. The van der Waals surface area contributed by atoms with Crippen molar-refractivity contribution >= 4 is 16.8 Å². The Morgan fingerprint density at radius 2 is 1.67 bits per heavy atom. The van der Waals surface area contributed by atoms with Crippen LogP contribution in [0.5, 0.6) is 17.2 Å². The summed E-state index contributed by atoms with van der Waals surface area (Å²) in [6.45, 7) is 1.78. The van der Waals surface area contributed by atoms with Crippen LogP contribution < -0.4 is 14.2 Å². The van der Waals surface area contributed by atoms with Crippen molar-refractivity contribution < 1.29 is 19.0 Å². The maximum atomic E-state index is 11.1. The maximum Gasteiger partial charge on any atom is 0.224 e. The number of carbonyl (C=O) groups is 1. The quantitative estimate of drug-likeness (QED) is 0.747. The lowest BCUT2D eigenvalue weighted by Gasteiger charge is -2.15. The molecule has 5 heteroatoms. The summed E-state index contributed by atoms with van der Waals surface area (Å²) in [4.78, 5) is 11.1. The largest absolute Gasteiger partial charge is 0.493 e. The van der Waals surface area contributed by atoms with Crippen molar-refractivity contribution in [1.29, 1.82) is 0 Å². The smallest absolute Gasteiger partial charge is 0.224 e. The highest BCUT2D eigenvalue weighted by molar-refractivity contribution is 6.63. The molecular formula is C13H17ClO4. The van der Waals surface area contributed by atoms with Crippen LogP contribution in [-0.2, 0) is 11.2 Å². The number of benzene rings is 1. The van der Waals surface area contributed by atoms with E-state index in [-0.39, 0.29) is 11.2 Å². The molecule has 0 saturated carbocycles. The molecule has 1 atom stereocenters. The van der Waals surface area contributed by atoms with E-state index in [9.17, 15) is 4.79 Å². The summed E-state index contributed by atoms with van der Waals surface area (Å²) >= 11 is 5.46. The highest BCUT2D eigenvalue weighted by Gasteiger charge is 2.16. The first-order valence-electron chi connectivity index (χ1n) is 5.51. The van der Waals surface area contributed by atoms with Crippen molar-refractivity contribution in [2.45, 2.75) is 13.3 Å². The zero-order valence-electron chi connectivity index (χ0n) is 11.0. The van der Waals surface area contributed by atoms with Crippen LogP contribution in [0.3, 0.4) is 0 Å². The van der Waals surface area contributed by atoms with Gasteiger partial charge in [0, 0.05) is 5.92 Å². The molecule has 1 aromatic carbocycles. The van der Waals surface area contributed by atoms with Crippen molar-refractivity contribution in [3.8, 4) is 17.2 Å². The van der Waals surface area contributed by atoms with Gasteiger partial charge in [0.15, 0.2) is 11.5 Å². The van der Waals surface area contributed by atoms with Crippen LogP contribution in [0.4, 0.5) is 0 Å². The van der Waals surface area contributed by atoms with Crippen molar-refractivity contribution in [3.05, 3.63) is 17.7 Å². The summed E-state index contributed by atoms with van der Waals surface area (Å²) in [5.74, 6) is 1.42. The van der Waals surface area contributed by atoms with Crippen LogP contribution in [0.25, 0.3) is 0 Å². The van der Waals surface area contributed by atoms with Gasteiger partial charge in [-0.1, -0.05) is 6.92 Å². The Bertz CT molecular complexity index is 406. The molecule has 0 N–H and O–H groups in total. The van der Waals surface area contributed by atoms with E-state index in [4.69, 9.17) is 25.8 Å². The Balaban J connectivity index is 3.11. The number of hydrogen-bond acceptors (Lipinski definition) is 4. The standard InChI is InChI=1S/C13H17ClO4/c1-8(13(14)15)5-9-6-10(16-2)12(18-4)11(7-9)17-3/h6-8H,5H2,1-4H3. The summed E-state index contributed by atoms with van der Waals surface area (Å²) in [5, 5.41) is -0.358. The normalized spacial score (nSPS) is 11.8. The van der Waals surface area contributed by atoms with Gasteiger partial charge in [-0.15, -0.1) is 0 Å². The SMILES string of the molecule is COc1cc(CC(C)C(=O)Cl)cc(OC)c1OC. The lowest BCUT2D eigenvalue weighted by Crippen LogP contribution is -2.08. The van der Waals surface area contributed by atoms with E-state index in [0.717, 1.165) is 5.56 Å². The van der Waals surface area contributed by atoms with Crippen LogP contribution in [0, 0.1) is 5.92 Å². The van der Waals surface area contributed by atoms with Gasteiger partial charge < -0.3 is 14.2 Å². The number of ether oxygens (including phenoxy) is 3. The third-order valence-electron chi connectivity index (χ3n) is 2.65. The molecule has 0 amide bonds. The molecule has 0 radical (unpaired) electrons. The van der Waals surface area contributed by atoms with Gasteiger partial charge in [-0.3, -0.25) is 4.79 Å². The van der Waals surface area contributed by atoms with Crippen LogP contribution in [0.1, 0.15) is 12.5 Å². The van der Waals surface area contributed by atoms with Crippen molar-refractivity contribution in [2.75, 3.05) is 21.3 Å². The fourth-order valence-corrected chi connectivity index (χ4v) is 1.76. The van der Waals surface area contributed by atoms with Gasteiger partial charge in [0.25, 0.3) is 0 Å². The fourth-order valence-electron chi connectivity index (χ4n) is 1.69. The Labute approximate surface area is 112 Å². The average molecular weight is 273 g/mol. The number of halogens is 1. The average Bonchev–Trinajstić information content (AvgIpc) is 2.37. The van der Waals surface area contributed by atoms with E-state index in [0.29, 0.717) is 23.7 Å². The molecule has 0 saturated heterocycles. The summed E-state index contributed by atoms with van der Waals surface area (Å²) in [7, 11) is 4.65. The van der Waals surface area contributed by atoms with E-state index in [1.54, 1.807) is 28.3 Å². The number of methoxy groups -OCH3 is 3. The first kappa shape index (κ1) is 14.6. The zero-order valence-corrected chi connectivity index (χ0v) is 11.7. The molecule has 1 aromatic rings. The van der Waals surface area contributed by atoms with E-state index in [1.165, 1.54) is 0 Å². The van der Waals surface area contributed by atoms with Crippen LogP contribution in [-0.4, -0.2) is 26.6 Å². The molecule has 0 fully saturated rings. The number of carbonyl (C=O) groups excluding carboxylic acids is 1. The summed E-state index contributed by atoms with van der Waals surface area (Å²) < 4.78 is 15.7. The van der Waals surface area contributed by atoms with E-state index in [1.807, 2.05) is 12.1 Å². The molecule has 0 aliphatic carbocycles. The second-order valence-electron chi connectivity index (χ2n) is 3.94. The highest BCUT2D eigenvalue weighted by Crippen LogP contribution is 2.38. The molecular weight excluding hydrogens is 256 g/mol. The second-order valence-corrected chi connectivity index (χ2v) is 4.32. The van der Waals surface area contributed by atoms with Crippen LogP contribution >= 0.6 is 11.6 Å². The van der Waals surface area contributed by atoms with Gasteiger partial charge in [0.2, 0.25) is 11.0 Å². The molecule has 4 nitrogen and oxygen atoms in total. The summed E-state index contributed by atoms with van der Waals surface area (Å²) in [5.41, 5.74) is 0.908. The van der Waals surface area contributed by atoms with Crippen molar-refractivity contribution in [3.63, 3.8) is 0 Å². The minimum atomic E-state index is -0.358. The van der Waals surface area contributed by atoms with Gasteiger partial charge in [-0.2, -0.15) is 0 Å². The molecule has 0 aliphatic heterocycles. The highest BCUT2D eigenvalue weighted by atomic mass is 35.5. The van der Waals surface area contributed by atoms with Gasteiger partial charge >= 0.3 is 0 Å². The van der Waals surface area contributed by atoms with Crippen molar-refractivity contribution in [1.82, 2.24) is 0 Å². The van der Waals surface area contributed by atoms with Crippen molar-refractivity contribution in [2.24, 2.45) is 5.92 Å². The second kappa shape index (κ2) is 6.50. The molecule has 0 spiro atoms. The molecule has 100 valence electrons. The minimum absolute atomic E-state index is 0.255. The molecule has 1 rings (SSSR count). The Morgan fingerprint density at radius 1 is 1.17 bits per heavy atom. The van der Waals surface area contributed by atoms with Gasteiger partial charge in [-0.05, 0) is 35.7 Å². The molecule has 0 aromatic heterocycles. The number of hydrogen-bond donors (Lipinski definition) is 0. The lowest BCUT2D eigenvalue weighted by molar-refractivity contribution is -0.114. The van der Waals surface area contributed by atoms with Gasteiger partial charge in [0.1, 0.15) is 0 Å². The predicted molar refractivity (Wildman–Crippen MR) is 69.8 cm³/mol. The predicted octanol–water partition coefficient (Wildman–Crippen LogP) is 2.66. The Hall–Kier alpha value is -1.42. The zero-order chi connectivity index (χ0) is 13.7. The molecule has 18 heavy (non-hydrogen) atoms. The van der Waals surface area contributed by atoms with Crippen LogP contribution in [0.2, 0.25) is 0 Å². The fraction of sp³-hybridized carbons (Fsp3) is 0.462. The summed E-state index contributed by atoms with van der Waals surface area (Å²) in [6.07, 6.45) is 0.527. The third-order valence-corrected chi connectivity index (χ3v) is 3.03. The van der Waals surface area contributed by atoms with Crippen LogP contribution in [0.15, 0.2) is 12.1 Å². The Morgan fingerprint density at radius 3 is 2.00 bits per heavy atom. The van der Waals surface area contributed by atoms with E-state index in [2.05, 4.69) is 0 Å². The third kappa shape index (κ3) is 3.29. The lowest BCUT2D eigenvalue weighted by atomic mass is 10.0. The van der Waals surface area contributed by atoms with E-state index >= 15 is 0 Å². The summed E-state index contributed by atoms with van der Waals surface area (Å²) in [6, 6.07) is 3.63. The topological polar surface area (TPSA) is 44.8 Å². The monoisotopic (exact) mass is 272 g/mol. The van der Waals surface area contributed by atoms with E-state index < -0.39 is 0 Å². The maximum absolute atomic E-state index is 11.1. The first-order chi connectivity index (χ1) is 8.53.